The molecule has 0 radical (unpaired) electrons. The van der Waals surface area contributed by atoms with Crippen LogP contribution in [0.25, 0.3) is 11.1 Å². The molecule has 3 rings (SSSR count). The van der Waals surface area contributed by atoms with Crippen LogP contribution in [-0.2, 0) is 47.4 Å². The van der Waals surface area contributed by atoms with E-state index in [1.165, 1.54) is 27.2 Å². The second-order valence-electron chi connectivity index (χ2n) is 12.4. The molecule has 12 heteroatoms. The topological polar surface area (TPSA) is 120 Å². The van der Waals surface area contributed by atoms with Crippen LogP contribution in [0.5, 0.6) is 0 Å². The molecular formula is C40H61NO11. The first-order chi connectivity index (χ1) is 25.6. The van der Waals surface area contributed by atoms with Crippen LogP contribution in [0.2, 0.25) is 0 Å². The van der Waals surface area contributed by atoms with Crippen molar-refractivity contribution in [1.82, 2.24) is 4.90 Å². The third kappa shape index (κ3) is 16.7. The van der Waals surface area contributed by atoms with E-state index in [9.17, 15) is 9.59 Å². The number of amides is 1. The third-order valence-electron chi connectivity index (χ3n) is 8.66. The Morgan fingerprint density at radius 3 is 1.46 bits per heavy atom. The third-order valence-corrected chi connectivity index (χ3v) is 8.66. The molecule has 1 atom stereocenters. The molecule has 12 nitrogen and oxygen atoms in total. The molecule has 0 aliphatic heterocycles. The maximum Gasteiger partial charge on any atom is 0.409 e. The molecule has 1 amide bonds. The molecule has 292 valence electrons. The molecule has 1 aliphatic carbocycles. The van der Waals surface area contributed by atoms with Gasteiger partial charge >= 0.3 is 12.1 Å². The lowest BCUT2D eigenvalue weighted by Gasteiger charge is -2.19. The van der Waals surface area contributed by atoms with Crippen LogP contribution in [0, 0.1) is 5.92 Å². The summed E-state index contributed by atoms with van der Waals surface area (Å²) in [5.74, 6) is -0.0955. The first-order valence-corrected chi connectivity index (χ1v) is 18.8. The zero-order valence-corrected chi connectivity index (χ0v) is 31.6. The molecule has 0 bridgehead atoms. The van der Waals surface area contributed by atoms with Gasteiger partial charge in [0.25, 0.3) is 0 Å². The maximum atomic E-state index is 12.6. The monoisotopic (exact) mass is 731 g/mol. The molecule has 0 fully saturated rings. The summed E-state index contributed by atoms with van der Waals surface area (Å²) in [6, 6.07) is 16.6. The number of fused-ring (bicyclic) bond motifs is 3. The summed E-state index contributed by atoms with van der Waals surface area (Å²) in [6.07, 6.45) is 3.45. The number of carbonyl (C=O) groups is 2. The van der Waals surface area contributed by atoms with Crippen molar-refractivity contribution >= 4 is 12.1 Å². The number of likely N-dealkylation sites (N-methyl/N-ethyl adjacent to an activating group) is 1. The van der Waals surface area contributed by atoms with Gasteiger partial charge in [-0.25, -0.2) is 4.79 Å². The van der Waals surface area contributed by atoms with Crippen molar-refractivity contribution in [2.45, 2.75) is 45.4 Å². The van der Waals surface area contributed by atoms with Crippen LogP contribution < -0.4 is 0 Å². The van der Waals surface area contributed by atoms with Crippen LogP contribution in [0.3, 0.4) is 0 Å². The van der Waals surface area contributed by atoms with Crippen molar-refractivity contribution in [3.05, 3.63) is 59.7 Å². The standard InChI is InChI=1S/C40H61NO11/c1-4-6-11-33(5-2)39(42)51-31-30-50-29-28-49-27-26-48-25-24-47-23-22-46-21-20-45-19-18-44-17-16-41(3)40(43)52-32-38-36-14-9-7-12-34(36)35-13-8-10-15-37(35)38/h7-10,12-15,33,38H,4-6,11,16-32H2,1-3H3. The highest BCUT2D eigenvalue weighted by Gasteiger charge is 2.29. The molecule has 0 aromatic heterocycles. The maximum absolute atomic E-state index is 12.6. The lowest BCUT2D eigenvalue weighted by molar-refractivity contribution is -0.150. The minimum Gasteiger partial charge on any atom is -0.463 e. The fourth-order valence-electron chi connectivity index (χ4n) is 5.68. The van der Waals surface area contributed by atoms with Crippen molar-refractivity contribution in [3.8, 4) is 11.1 Å². The van der Waals surface area contributed by atoms with Gasteiger partial charge in [0.2, 0.25) is 0 Å². The van der Waals surface area contributed by atoms with E-state index in [0.29, 0.717) is 106 Å². The van der Waals surface area contributed by atoms with Gasteiger partial charge in [0.05, 0.1) is 98.4 Å². The summed E-state index contributed by atoms with van der Waals surface area (Å²) in [5, 5.41) is 0. The molecular weight excluding hydrogens is 670 g/mol. The van der Waals surface area contributed by atoms with E-state index in [4.69, 9.17) is 42.6 Å². The smallest absolute Gasteiger partial charge is 0.409 e. The molecule has 2 aromatic carbocycles. The number of esters is 1. The predicted molar refractivity (Wildman–Crippen MR) is 198 cm³/mol. The SMILES string of the molecule is CCCCC(CC)C(=O)OCCOCCOCCOCCOCCOCCOCCOCCN(C)C(=O)OCC1c2ccccc2-c2ccccc21. The Kier molecular flexibility index (Phi) is 22.9. The van der Waals surface area contributed by atoms with Crippen LogP contribution in [-0.4, -0.2) is 136 Å². The average molecular weight is 732 g/mol. The summed E-state index contributed by atoms with van der Waals surface area (Å²) < 4.78 is 49.6. The van der Waals surface area contributed by atoms with Crippen LogP contribution >= 0.6 is 0 Å². The van der Waals surface area contributed by atoms with Crippen LogP contribution in [0.4, 0.5) is 4.79 Å². The number of hydrogen-bond acceptors (Lipinski definition) is 11. The van der Waals surface area contributed by atoms with Crippen molar-refractivity contribution in [1.29, 1.82) is 0 Å². The van der Waals surface area contributed by atoms with Crippen LogP contribution in [0.15, 0.2) is 48.5 Å². The highest BCUT2D eigenvalue weighted by molar-refractivity contribution is 5.79. The number of hydrogen-bond donors (Lipinski definition) is 0. The van der Waals surface area contributed by atoms with Crippen molar-refractivity contribution in [2.75, 3.05) is 119 Å². The quantitative estimate of drug-likeness (QED) is 0.0697. The molecule has 0 heterocycles. The Bertz CT molecular complexity index is 1200. The molecule has 1 aliphatic rings. The van der Waals surface area contributed by atoms with E-state index in [0.717, 1.165) is 25.7 Å². The summed E-state index contributed by atoms with van der Waals surface area (Å²) in [6.45, 7) is 11.5. The Morgan fingerprint density at radius 2 is 1.02 bits per heavy atom. The second kappa shape index (κ2) is 27.5. The summed E-state index contributed by atoms with van der Waals surface area (Å²) in [5.41, 5.74) is 4.79. The van der Waals surface area contributed by atoms with Gasteiger partial charge in [-0.1, -0.05) is 75.2 Å². The Labute approximate surface area is 310 Å². The van der Waals surface area contributed by atoms with E-state index in [1.54, 1.807) is 7.05 Å². The van der Waals surface area contributed by atoms with Gasteiger partial charge in [0.15, 0.2) is 0 Å². The first kappa shape index (κ1) is 43.3. The van der Waals surface area contributed by atoms with Crippen molar-refractivity contribution < 1.29 is 52.2 Å². The highest BCUT2D eigenvalue weighted by atomic mass is 16.6. The minimum absolute atomic E-state index is 0.00917. The Balaban J connectivity index is 1.02. The number of carbonyl (C=O) groups excluding carboxylic acids is 2. The zero-order chi connectivity index (χ0) is 37.1. The highest BCUT2D eigenvalue weighted by Crippen LogP contribution is 2.44. The van der Waals surface area contributed by atoms with E-state index >= 15 is 0 Å². The van der Waals surface area contributed by atoms with E-state index in [2.05, 4.69) is 31.2 Å². The van der Waals surface area contributed by atoms with Gasteiger partial charge in [-0.05, 0) is 35.1 Å². The fourth-order valence-corrected chi connectivity index (χ4v) is 5.68. The summed E-state index contributed by atoms with van der Waals surface area (Å²) in [7, 11) is 1.71. The second-order valence-corrected chi connectivity index (χ2v) is 12.4. The number of nitrogens with zero attached hydrogens (tertiary/aromatic N) is 1. The molecule has 2 aromatic rings. The average Bonchev–Trinajstić information content (AvgIpc) is 3.49. The zero-order valence-electron chi connectivity index (χ0n) is 31.6. The Morgan fingerprint density at radius 1 is 0.596 bits per heavy atom. The van der Waals surface area contributed by atoms with Gasteiger partial charge < -0.3 is 47.5 Å². The number of unbranched alkanes of at least 4 members (excludes halogenated alkanes) is 1. The van der Waals surface area contributed by atoms with E-state index in [-0.39, 0.29) is 30.5 Å². The van der Waals surface area contributed by atoms with Crippen molar-refractivity contribution in [2.24, 2.45) is 5.92 Å². The molecule has 0 spiro atoms. The summed E-state index contributed by atoms with van der Waals surface area (Å²) >= 11 is 0. The van der Waals surface area contributed by atoms with Crippen LogP contribution in [0.1, 0.15) is 56.6 Å². The Hall–Kier alpha value is -3.10. The van der Waals surface area contributed by atoms with Gasteiger partial charge in [0.1, 0.15) is 13.2 Å². The number of benzene rings is 2. The fraction of sp³-hybridized carbons (Fsp3) is 0.650. The predicted octanol–water partition coefficient (Wildman–Crippen LogP) is 5.74. The molecule has 0 saturated carbocycles. The lowest BCUT2D eigenvalue weighted by atomic mass is 9.98. The molecule has 0 N–H and O–H groups in total. The minimum atomic E-state index is -0.366. The van der Waals surface area contributed by atoms with Crippen molar-refractivity contribution in [3.63, 3.8) is 0 Å². The van der Waals surface area contributed by atoms with Gasteiger partial charge in [0, 0.05) is 19.5 Å². The van der Waals surface area contributed by atoms with Gasteiger partial charge in [-0.15, -0.1) is 0 Å². The molecule has 0 saturated heterocycles. The van der Waals surface area contributed by atoms with Gasteiger partial charge in [-0.2, -0.15) is 0 Å². The molecule has 52 heavy (non-hydrogen) atoms. The van der Waals surface area contributed by atoms with E-state index < -0.39 is 0 Å². The number of ether oxygens (including phenoxy) is 9. The lowest BCUT2D eigenvalue weighted by Crippen LogP contribution is -2.32. The summed E-state index contributed by atoms with van der Waals surface area (Å²) in [4.78, 5) is 26.2. The normalized spacial score (nSPS) is 12.8. The first-order valence-electron chi connectivity index (χ1n) is 18.8. The van der Waals surface area contributed by atoms with E-state index in [1.807, 2.05) is 31.2 Å². The molecule has 1 unspecified atom stereocenters. The number of rotatable bonds is 31. The largest absolute Gasteiger partial charge is 0.463 e. The van der Waals surface area contributed by atoms with Gasteiger partial charge in [-0.3, -0.25) is 4.79 Å².